The molecule has 0 atom stereocenters. The minimum atomic E-state index is 0.779. The number of aryl methyl sites for hydroxylation is 1. The van der Waals surface area contributed by atoms with Crippen molar-refractivity contribution in [2.75, 3.05) is 36.9 Å². The molecule has 0 amide bonds. The maximum atomic E-state index is 5.89. The van der Waals surface area contributed by atoms with E-state index in [1.807, 2.05) is 6.07 Å². The third kappa shape index (κ3) is 2.25. The number of nitrogens with two attached hydrogens (primary N) is 1. The molecule has 2 aliphatic heterocycles. The zero-order valence-corrected chi connectivity index (χ0v) is 10.2. The lowest BCUT2D eigenvalue weighted by Crippen LogP contribution is -2.35. The van der Waals surface area contributed by atoms with Gasteiger partial charge in [-0.3, -0.25) is 0 Å². The summed E-state index contributed by atoms with van der Waals surface area (Å²) in [6.07, 6.45) is 3.70. The van der Waals surface area contributed by atoms with Gasteiger partial charge in [-0.2, -0.15) is 0 Å². The second-order valence-electron chi connectivity index (χ2n) is 5.17. The van der Waals surface area contributed by atoms with Crippen molar-refractivity contribution in [2.24, 2.45) is 5.92 Å². The molecule has 1 aromatic carbocycles. The van der Waals surface area contributed by atoms with E-state index in [-0.39, 0.29) is 0 Å². The summed E-state index contributed by atoms with van der Waals surface area (Å²) in [5, 5.41) is 0. The summed E-state index contributed by atoms with van der Waals surface area (Å²) < 4.78 is 5.22. The Labute approximate surface area is 103 Å². The van der Waals surface area contributed by atoms with Crippen molar-refractivity contribution in [2.45, 2.75) is 19.3 Å². The number of nitrogens with zero attached hydrogens (tertiary/aromatic N) is 1. The monoisotopic (exact) mass is 232 g/mol. The van der Waals surface area contributed by atoms with Crippen LogP contribution in [0, 0.1) is 5.92 Å². The van der Waals surface area contributed by atoms with Gasteiger partial charge >= 0.3 is 0 Å². The summed E-state index contributed by atoms with van der Waals surface area (Å²) in [5.41, 5.74) is 9.58. The molecule has 3 nitrogen and oxygen atoms in total. The van der Waals surface area contributed by atoms with E-state index in [0.29, 0.717) is 0 Å². The number of hydrogen-bond donors (Lipinski definition) is 1. The Balaban J connectivity index is 1.71. The standard InChI is InChI=1S/C14H20N2O/c15-13-4-3-12-2-1-6-16(14(12)8-13)7-5-11-9-17-10-11/h3-4,8,11H,1-2,5-7,9-10,15H2. The lowest BCUT2D eigenvalue weighted by atomic mass is 9.99. The predicted molar refractivity (Wildman–Crippen MR) is 70.3 cm³/mol. The van der Waals surface area contributed by atoms with Gasteiger partial charge in [0.05, 0.1) is 13.2 Å². The second kappa shape index (κ2) is 4.57. The summed E-state index contributed by atoms with van der Waals surface area (Å²) in [7, 11) is 0. The zero-order chi connectivity index (χ0) is 11.7. The first-order valence-electron chi connectivity index (χ1n) is 6.54. The van der Waals surface area contributed by atoms with Crippen LogP contribution in [0.4, 0.5) is 11.4 Å². The SMILES string of the molecule is Nc1ccc2c(c1)N(CCC1COC1)CCC2. The predicted octanol–water partition coefficient (Wildman–Crippen LogP) is 2.06. The number of ether oxygens (including phenoxy) is 1. The van der Waals surface area contributed by atoms with Crippen LogP contribution in [0.1, 0.15) is 18.4 Å². The van der Waals surface area contributed by atoms with Gasteiger partial charge in [-0.1, -0.05) is 6.07 Å². The van der Waals surface area contributed by atoms with E-state index in [1.165, 1.54) is 37.1 Å². The van der Waals surface area contributed by atoms with Gasteiger partial charge in [0.2, 0.25) is 0 Å². The quantitative estimate of drug-likeness (QED) is 0.811. The van der Waals surface area contributed by atoms with Crippen LogP contribution < -0.4 is 10.6 Å². The highest BCUT2D eigenvalue weighted by Gasteiger charge is 2.21. The first-order valence-corrected chi connectivity index (χ1v) is 6.54. The third-order valence-electron chi connectivity index (χ3n) is 3.84. The molecule has 2 aliphatic rings. The molecule has 3 rings (SSSR count). The molecule has 1 saturated heterocycles. The van der Waals surface area contributed by atoms with Gasteiger partial charge in [0.25, 0.3) is 0 Å². The summed E-state index contributed by atoms with van der Waals surface area (Å²) in [4.78, 5) is 2.49. The molecule has 0 spiro atoms. The van der Waals surface area contributed by atoms with Gasteiger partial charge in [-0.25, -0.2) is 0 Å². The minimum absolute atomic E-state index is 0.779. The van der Waals surface area contributed by atoms with Crippen LogP contribution >= 0.6 is 0 Å². The Bertz CT molecular complexity index is 401. The zero-order valence-electron chi connectivity index (χ0n) is 10.2. The Kier molecular flexibility index (Phi) is 2.93. The van der Waals surface area contributed by atoms with E-state index in [4.69, 9.17) is 10.5 Å². The van der Waals surface area contributed by atoms with Gasteiger partial charge in [0, 0.05) is 30.4 Å². The number of anilines is 2. The molecular formula is C14H20N2O. The van der Waals surface area contributed by atoms with Crippen LogP contribution in [0.5, 0.6) is 0 Å². The molecule has 0 bridgehead atoms. The Morgan fingerprint density at radius 1 is 1.35 bits per heavy atom. The number of benzene rings is 1. The Hall–Kier alpha value is -1.22. The smallest absolute Gasteiger partial charge is 0.0517 e. The molecule has 2 heterocycles. The Morgan fingerprint density at radius 3 is 3.00 bits per heavy atom. The highest BCUT2D eigenvalue weighted by molar-refractivity contribution is 5.62. The van der Waals surface area contributed by atoms with Crippen molar-refractivity contribution in [1.29, 1.82) is 0 Å². The van der Waals surface area contributed by atoms with Crippen LogP contribution in [0.15, 0.2) is 18.2 Å². The fraction of sp³-hybridized carbons (Fsp3) is 0.571. The van der Waals surface area contributed by atoms with Gasteiger partial charge in [0.1, 0.15) is 0 Å². The van der Waals surface area contributed by atoms with Gasteiger partial charge < -0.3 is 15.4 Å². The summed E-state index contributed by atoms with van der Waals surface area (Å²) in [6.45, 7) is 4.23. The molecule has 1 aromatic rings. The van der Waals surface area contributed by atoms with Crippen molar-refractivity contribution in [3.05, 3.63) is 23.8 Å². The number of hydrogen-bond acceptors (Lipinski definition) is 3. The Morgan fingerprint density at radius 2 is 2.24 bits per heavy atom. The van der Waals surface area contributed by atoms with Crippen molar-refractivity contribution in [1.82, 2.24) is 0 Å². The third-order valence-corrected chi connectivity index (χ3v) is 3.84. The molecule has 0 aromatic heterocycles. The van der Waals surface area contributed by atoms with Crippen molar-refractivity contribution in [3.8, 4) is 0 Å². The maximum absolute atomic E-state index is 5.89. The molecular weight excluding hydrogens is 212 g/mol. The van der Waals surface area contributed by atoms with E-state index < -0.39 is 0 Å². The first kappa shape index (κ1) is 10.9. The lowest BCUT2D eigenvalue weighted by Gasteiger charge is -2.34. The molecule has 0 unspecified atom stereocenters. The largest absolute Gasteiger partial charge is 0.399 e. The first-order chi connectivity index (χ1) is 8.33. The molecule has 92 valence electrons. The average molecular weight is 232 g/mol. The van der Waals surface area contributed by atoms with E-state index in [1.54, 1.807) is 0 Å². The molecule has 0 saturated carbocycles. The van der Waals surface area contributed by atoms with Gasteiger partial charge in [-0.05, 0) is 37.0 Å². The number of rotatable bonds is 3. The van der Waals surface area contributed by atoms with Crippen molar-refractivity contribution >= 4 is 11.4 Å². The summed E-state index contributed by atoms with van der Waals surface area (Å²) in [6, 6.07) is 6.33. The molecule has 0 aliphatic carbocycles. The van der Waals surface area contributed by atoms with Crippen molar-refractivity contribution in [3.63, 3.8) is 0 Å². The van der Waals surface area contributed by atoms with Gasteiger partial charge in [-0.15, -0.1) is 0 Å². The van der Waals surface area contributed by atoms with Crippen LogP contribution in [0.25, 0.3) is 0 Å². The van der Waals surface area contributed by atoms with Crippen LogP contribution in [-0.4, -0.2) is 26.3 Å². The van der Waals surface area contributed by atoms with E-state index in [2.05, 4.69) is 17.0 Å². The van der Waals surface area contributed by atoms with Crippen LogP contribution in [-0.2, 0) is 11.2 Å². The number of fused-ring (bicyclic) bond motifs is 1. The highest BCUT2D eigenvalue weighted by atomic mass is 16.5. The summed E-state index contributed by atoms with van der Waals surface area (Å²) in [5.74, 6) is 0.779. The van der Waals surface area contributed by atoms with Gasteiger partial charge in [0.15, 0.2) is 0 Å². The number of nitrogen functional groups attached to an aromatic ring is 1. The highest BCUT2D eigenvalue weighted by Crippen LogP contribution is 2.30. The van der Waals surface area contributed by atoms with Crippen LogP contribution in [0.3, 0.4) is 0 Å². The van der Waals surface area contributed by atoms with Crippen LogP contribution in [0.2, 0.25) is 0 Å². The fourth-order valence-electron chi connectivity index (χ4n) is 2.69. The molecule has 3 heteroatoms. The fourth-order valence-corrected chi connectivity index (χ4v) is 2.69. The maximum Gasteiger partial charge on any atom is 0.0517 e. The normalized spacial score (nSPS) is 19.9. The second-order valence-corrected chi connectivity index (χ2v) is 5.17. The van der Waals surface area contributed by atoms with E-state index >= 15 is 0 Å². The summed E-state index contributed by atoms with van der Waals surface area (Å²) >= 11 is 0. The minimum Gasteiger partial charge on any atom is -0.399 e. The molecule has 0 radical (unpaired) electrons. The molecule has 2 N–H and O–H groups in total. The van der Waals surface area contributed by atoms with Crippen molar-refractivity contribution < 1.29 is 4.74 Å². The molecule has 17 heavy (non-hydrogen) atoms. The topological polar surface area (TPSA) is 38.5 Å². The average Bonchev–Trinajstić information content (AvgIpc) is 2.27. The lowest BCUT2D eigenvalue weighted by molar-refractivity contribution is -0.0344. The molecule has 1 fully saturated rings. The van der Waals surface area contributed by atoms with E-state index in [0.717, 1.165) is 31.4 Å². The van der Waals surface area contributed by atoms with E-state index in [9.17, 15) is 0 Å².